The van der Waals surface area contributed by atoms with Crippen LogP contribution in [0.15, 0.2) is 59.0 Å². The zero-order valence-corrected chi connectivity index (χ0v) is 19.1. The van der Waals surface area contributed by atoms with Crippen LogP contribution in [0.25, 0.3) is 11.3 Å². The molecule has 0 aliphatic carbocycles. The van der Waals surface area contributed by atoms with Crippen molar-refractivity contribution in [2.24, 2.45) is 5.92 Å². The third-order valence-electron chi connectivity index (χ3n) is 5.35. The van der Waals surface area contributed by atoms with Gasteiger partial charge in [-0.15, -0.1) is 0 Å². The quantitative estimate of drug-likeness (QED) is 0.358. The van der Waals surface area contributed by atoms with Crippen molar-refractivity contribution in [2.45, 2.75) is 17.9 Å². The third-order valence-corrected chi connectivity index (χ3v) is 6.35. The monoisotopic (exact) mass is 532 g/mol. The molecule has 4 rings (SSSR count). The number of carbonyl (C=O) groups excluding carboxylic acids is 2. The van der Waals surface area contributed by atoms with Crippen molar-refractivity contribution in [3.05, 3.63) is 81.0 Å². The largest absolute Gasteiger partial charge is 0.459 e. The molecule has 3 N–H and O–H groups in total. The van der Waals surface area contributed by atoms with E-state index in [1.54, 1.807) is 6.07 Å². The summed E-state index contributed by atoms with van der Waals surface area (Å²) in [5, 5.41) is 15.1. The van der Waals surface area contributed by atoms with Crippen LogP contribution in [0.3, 0.4) is 0 Å². The number of hydrogen-bond acceptors (Lipinski definition) is 4. The van der Waals surface area contributed by atoms with E-state index in [1.165, 1.54) is 53.8 Å². The number of nitrogens with one attached hydrogen (secondary N) is 2. The number of benzene rings is 2. The number of aliphatic hydroxyl groups is 1. The van der Waals surface area contributed by atoms with Crippen molar-refractivity contribution in [1.29, 1.82) is 0 Å². The highest BCUT2D eigenvalue weighted by Crippen LogP contribution is 2.45. The summed E-state index contributed by atoms with van der Waals surface area (Å²) in [5.41, 5.74) is -3.59. The SMILES string of the molecule is O=C1N[C@H](c2ccc(-c3ccc(Cl)c(Cl)c3)o2)[C@@H](C(=O)c2ccc(Cl)cc2)[C@@](O)(C(F)(F)F)N1. The average molecular weight is 534 g/mol. The van der Waals surface area contributed by atoms with Gasteiger partial charge in [0.05, 0.1) is 10.0 Å². The molecule has 0 unspecified atom stereocenters. The van der Waals surface area contributed by atoms with Gasteiger partial charge in [0.2, 0.25) is 5.72 Å². The molecular weight excluding hydrogens is 520 g/mol. The maximum Gasteiger partial charge on any atom is 0.437 e. The smallest absolute Gasteiger partial charge is 0.437 e. The van der Waals surface area contributed by atoms with Crippen LogP contribution < -0.4 is 10.6 Å². The van der Waals surface area contributed by atoms with E-state index in [0.29, 0.717) is 5.56 Å². The molecule has 0 saturated carbocycles. The number of urea groups is 1. The van der Waals surface area contributed by atoms with Gasteiger partial charge < -0.3 is 20.2 Å². The maximum atomic E-state index is 14.0. The summed E-state index contributed by atoms with van der Waals surface area (Å²) in [7, 11) is 0. The molecule has 6 nitrogen and oxygen atoms in total. The topological polar surface area (TPSA) is 91.6 Å². The number of hydrogen-bond donors (Lipinski definition) is 3. The van der Waals surface area contributed by atoms with Crippen molar-refractivity contribution < 1.29 is 32.3 Å². The highest BCUT2D eigenvalue weighted by atomic mass is 35.5. The fraction of sp³-hybridized carbons (Fsp3) is 0.182. The molecule has 2 amide bonds. The summed E-state index contributed by atoms with van der Waals surface area (Å²) < 4.78 is 47.7. The molecule has 1 fully saturated rings. The van der Waals surface area contributed by atoms with E-state index in [2.05, 4.69) is 5.32 Å². The van der Waals surface area contributed by atoms with Gasteiger partial charge in [-0.1, -0.05) is 34.8 Å². The van der Waals surface area contributed by atoms with Crippen LogP contribution in [0, 0.1) is 5.92 Å². The molecule has 178 valence electrons. The average Bonchev–Trinajstić information content (AvgIpc) is 3.25. The number of amides is 2. The zero-order valence-electron chi connectivity index (χ0n) is 16.8. The Morgan fingerprint density at radius 2 is 1.68 bits per heavy atom. The Balaban J connectivity index is 1.81. The van der Waals surface area contributed by atoms with Gasteiger partial charge >= 0.3 is 12.2 Å². The van der Waals surface area contributed by atoms with Gasteiger partial charge in [0.1, 0.15) is 23.5 Å². The Labute approximate surface area is 205 Å². The Bertz CT molecular complexity index is 1260. The van der Waals surface area contributed by atoms with Crippen molar-refractivity contribution in [2.75, 3.05) is 0 Å². The molecule has 0 radical (unpaired) electrons. The van der Waals surface area contributed by atoms with Crippen LogP contribution in [-0.4, -0.2) is 28.8 Å². The molecule has 1 aliphatic rings. The van der Waals surface area contributed by atoms with Crippen LogP contribution in [0.5, 0.6) is 0 Å². The molecule has 1 saturated heterocycles. The van der Waals surface area contributed by atoms with Crippen molar-refractivity contribution in [3.63, 3.8) is 0 Å². The highest BCUT2D eigenvalue weighted by Gasteiger charge is 2.66. The van der Waals surface area contributed by atoms with E-state index in [0.717, 1.165) is 0 Å². The molecule has 34 heavy (non-hydrogen) atoms. The van der Waals surface area contributed by atoms with Crippen molar-refractivity contribution >= 4 is 46.6 Å². The second-order valence-electron chi connectivity index (χ2n) is 7.52. The van der Waals surface area contributed by atoms with Crippen molar-refractivity contribution in [1.82, 2.24) is 10.6 Å². The molecule has 12 heteroatoms. The highest BCUT2D eigenvalue weighted by molar-refractivity contribution is 6.42. The summed E-state index contributed by atoms with van der Waals surface area (Å²) in [6, 6.07) is 9.36. The standard InChI is InChI=1S/C22H14Cl3F3N2O4/c23-12-4-1-10(2-5-12)19(31)17-18(29-20(32)30-21(17,33)22(26,27)28)16-8-7-15(34-16)11-3-6-13(24)14(25)9-11/h1-9,17-18,33H,(H2,29,30,32)/t17-,18+,21+/m0/s1. The van der Waals surface area contributed by atoms with Gasteiger partial charge in [-0.3, -0.25) is 4.79 Å². The molecule has 0 bridgehead atoms. The number of furan rings is 1. The maximum absolute atomic E-state index is 14.0. The number of ketones is 1. The number of halogens is 6. The lowest BCUT2D eigenvalue weighted by atomic mass is 9.79. The molecule has 0 spiro atoms. The summed E-state index contributed by atoms with van der Waals surface area (Å²) in [6.45, 7) is 0. The van der Waals surface area contributed by atoms with Crippen LogP contribution in [0.4, 0.5) is 18.0 Å². The Morgan fingerprint density at radius 1 is 1.00 bits per heavy atom. The predicted molar refractivity (Wildman–Crippen MR) is 119 cm³/mol. The van der Waals surface area contributed by atoms with Gasteiger partial charge in [0, 0.05) is 16.1 Å². The van der Waals surface area contributed by atoms with E-state index in [4.69, 9.17) is 39.2 Å². The van der Waals surface area contributed by atoms with E-state index in [-0.39, 0.29) is 32.2 Å². The summed E-state index contributed by atoms with van der Waals surface area (Å²) in [5.74, 6) is -3.33. The minimum absolute atomic E-state index is 0.156. The van der Waals surface area contributed by atoms with Gasteiger partial charge in [0.15, 0.2) is 5.78 Å². The minimum Gasteiger partial charge on any atom is -0.459 e. The normalized spacial score (nSPS) is 22.7. The summed E-state index contributed by atoms with van der Waals surface area (Å²) in [4.78, 5) is 25.4. The minimum atomic E-state index is -5.39. The molecule has 2 heterocycles. The molecule has 1 aliphatic heterocycles. The van der Waals surface area contributed by atoms with Crippen molar-refractivity contribution in [3.8, 4) is 11.3 Å². The first-order valence-corrected chi connectivity index (χ1v) is 10.8. The van der Waals surface area contributed by atoms with Crippen LogP contribution in [0.1, 0.15) is 22.2 Å². The first-order chi connectivity index (χ1) is 15.9. The first kappa shape index (κ1) is 24.4. The van der Waals surface area contributed by atoms with E-state index >= 15 is 0 Å². The van der Waals surface area contributed by atoms with Crippen LogP contribution >= 0.6 is 34.8 Å². The molecule has 2 aromatic carbocycles. The fourth-order valence-corrected chi connectivity index (χ4v) is 4.12. The van der Waals surface area contributed by atoms with Crippen LogP contribution in [-0.2, 0) is 0 Å². The van der Waals surface area contributed by atoms with Gasteiger partial charge in [-0.25, -0.2) is 4.79 Å². The number of alkyl halides is 3. The first-order valence-electron chi connectivity index (χ1n) is 9.63. The molecule has 3 aromatic rings. The zero-order chi connectivity index (χ0) is 24.8. The fourth-order valence-electron chi connectivity index (χ4n) is 3.69. The summed E-state index contributed by atoms with van der Waals surface area (Å²) >= 11 is 17.7. The number of carbonyl (C=O) groups is 2. The van der Waals surface area contributed by atoms with Gasteiger partial charge in [-0.05, 0) is 54.6 Å². The Morgan fingerprint density at radius 3 is 2.29 bits per heavy atom. The lowest BCUT2D eigenvalue weighted by molar-refractivity contribution is -0.288. The molecule has 3 atom stereocenters. The second kappa shape index (κ2) is 8.81. The number of Topliss-reactive ketones (excluding diaryl/α,β-unsaturated/α-hetero) is 1. The number of rotatable bonds is 4. The second-order valence-corrected chi connectivity index (χ2v) is 8.77. The van der Waals surface area contributed by atoms with E-state index in [9.17, 15) is 27.9 Å². The Hall–Kier alpha value is -2.72. The van der Waals surface area contributed by atoms with Crippen LogP contribution in [0.2, 0.25) is 15.1 Å². The molecule has 1 aromatic heterocycles. The van der Waals surface area contributed by atoms with Gasteiger partial charge in [-0.2, -0.15) is 13.2 Å². The van der Waals surface area contributed by atoms with E-state index < -0.39 is 35.7 Å². The predicted octanol–water partition coefficient (Wildman–Crippen LogP) is 6.01. The summed E-state index contributed by atoms with van der Waals surface area (Å²) in [6.07, 6.45) is -5.39. The van der Waals surface area contributed by atoms with E-state index in [1.807, 2.05) is 0 Å². The molecular formula is C22H14Cl3F3N2O4. The lowest BCUT2D eigenvalue weighted by Gasteiger charge is -2.44. The van der Waals surface area contributed by atoms with Gasteiger partial charge in [0.25, 0.3) is 0 Å². The Kier molecular flexibility index (Phi) is 6.32. The third kappa shape index (κ3) is 4.36. The lowest BCUT2D eigenvalue weighted by Crippen LogP contribution is -2.72.